The van der Waals surface area contributed by atoms with E-state index < -0.39 is 91.5 Å². The van der Waals surface area contributed by atoms with Crippen LogP contribution in [0.3, 0.4) is 0 Å². The molecule has 0 amide bonds. The average Bonchev–Trinajstić information content (AvgIpc) is 0.903. The molecule has 0 radical (unpaired) electrons. The van der Waals surface area contributed by atoms with E-state index in [2.05, 4.69) is 142 Å². The number of allylic oxidation sites excluding steroid dienone is 20. The minimum Gasteiger partial charge on any atom is -0.463 e. The van der Waals surface area contributed by atoms with Crippen molar-refractivity contribution in [2.75, 3.05) is 39.6 Å². The Morgan fingerprint density at radius 2 is 0.459 bits per heavy atom. The van der Waals surface area contributed by atoms with Crippen molar-refractivity contribution in [3.8, 4) is 0 Å². The van der Waals surface area contributed by atoms with Crippen molar-refractivity contribution in [3.05, 3.63) is 122 Å². The van der Waals surface area contributed by atoms with E-state index in [4.69, 9.17) is 32.3 Å². The Kier molecular flexibility index (Phi) is 80.3. The van der Waals surface area contributed by atoms with Gasteiger partial charge in [0.05, 0.1) is 26.4 Å². The molecule has 0 aliphatic carbocycles. The van der Waals surface area contributed by atoms with Crippen LogP contribution in [0.1, 0.15) is 380 Å². The van der Waals surface area contributed by atoms with Crippen molar-refractivity contribution >= 4 is 33.6 Å². The summed E-state index contributed by atoms with van der Waals surface area (Å²) in [5, 5.41) is 20.7. The molecule has 0 aromatic rings. The molecule has 4 N–H and O–H groups in total. The normalized spacial score (nSPS) is 14.4. The number of hydrogen-bond donors (Lipinski definition) is 4. The Balaban J connectivity index is 4.46. The number of ether oxygens (including phenoxy) is 3. The van der Waals surface area contributed by atoms with Gasteiger partial charge in [-0.05, 0) is 141 Å². The molecule has 0 saturated heterocycles. The molecule has 0 heterocycles. The second-order valence-electron chi connectivity index (χ2n) is 29.3. The van der Waals surface area contributed by atoms with Crippen LogP contribution in [0.4, 0.5) is 0 Å². The van der Waals surface area contributed by atoms with Gasteiger partial charge >= 0.3 is 33.6 Å². The molecule has 16 nitrogen and oxygen atoms in total. The number of unbranched alkanes of at least 4 members (excludes halogenated alkanes) is 40. The van der Waals surface area contributed by atoms with E-state index in [1.54, 1.807) is 0 Å². The molecule has 109 heavy (non-hydrogen) atoms. The minimum atomic E-state index is -4.94. The van der Waals surface area contributed by atoms with E-state index in [0.717, 1.165) is 135 Å². The predicted molar refractivity (Wildman–Crippen MR) is 454 cm³/mol. The molecule has 0 fully saturated rings. The fourth-order valence-electron chi connectivity index (χ4n) is 11.9. The lowest BCUT2D eigenvalue weighted by Gasteiger charge is -2.21. The third-order valence-corrected chi connectivity index (χ3v) is 20.5. The molecule has 0 saturated carbocycles. The molecule has 0 aliphatic heterocycles. The molecule has 5 unspecified atom stereocenters. The van der Waals surface area contributed by atoms with Crippen LogP contribution in [-0.4, -0.2) is 95.9 Å². The van der Waals surface area contributed by atoms with Gasteiger partial charge in [-0.25, -0.2) is 9.13 Å². The smallest absolute Gasteiger partial charge is 0.463 e. The number of carbonyl (C=O) groups excluding carboxylic acids is 3. The lowest BCUT2D eigenvalue weighted by atomic mass is 10.0. The van der Waals surface area contributed by atoms with Crippen LogP contribution in [0.2, 0.25) is 0 Å². The summed E-state index contributed by atoms with van der Waals surface area (Å²) in [6.07, 6.45) is 101. The molecule has 0 aromatic heterocycles. The zero-order valence-electron chi connectivity index (χ0n) is 69.2. The number of phosphoric ester groups is 2. The Labute approximate surface area is 665 Å². The maximum absolute atomic E-state index is 13.0. The summed E-state index contributed by atoms with van der Waals surface area (Å²) in [4.78, 5) is 58.8. The first-order valence-electron chi connectivity index (χ1n) is 43.8. The molecule has 0 aliphatic rings. The second kappa shape index (κ2) is 83.4. The van der Waals surface area contributed by atoms with Gasteiger partial charge in [0.1, 0.15) is 25.4 Å². The number of carbonyl (C=O) groups is 3. The van der Waals surface area contributed by atoms with Gasteiger partial charge in [0, 0.05) is 19.3 Å². The van der Waals surface area contributed by atoms with Crippen molar-refractivity contribution in [1.29, 1.82) is 0 Å². The lowest BCUT2D eigenvalue weighted by Crippen LogP contribution is -2.30. The van der Waals surface area contributed by atoms with Gasteiger partial charge < -0.3 is 34.2 Å². The first-order valence-corrected chi connectivity index (χ1v) is 46.8. The average molecular weight is 1570 g/mol. The molecular formula is C91H160O16P2. The summed E-state index contributed by atoms with van der Waals surface area (Å²) in [5.41, 5.74) is 0. The van der Waals surface area contributed by atoms with Crippen molar-refractivity contribution in [2.45, 2.75) is 399 Å². The monoisotopic (exact) mass is 1570 g/mol. The molecule has 630 valence electrons. The third-order valence-electron chi connectivity index (χ3n) is 18.6. The van der Waals surface area contributed by atoms with E-state index in [-0.39, 0.29) is 19.3 Å². The lowest BCUT2D eigenvalue weighted by molar-refractivity contribution is -0.161. The molecular weight excluding hydrogens is 1410 g/mol. The summed E-state index contributed by atoms with van der Waals surface area (Å²) >= 11 is 0. The molecule has 0 bridgehead atoms. The summed E-state index contributed by atoms with van der Waals surface area (Å²) in [5.74, 6) is -1.59. The minimum absolute atomic E-state index is 0.0864. The van der Waals surface area contributed by atoms with Gasteiger partial charge in [-0.3, -0.25) is 32.5 Å². The van der Waals surface area contributed by atoms with Crippen LogP contribution in [0, 0.1) is 0 Å². The van der Waals surface area contributed by atoms with Gasteiger partial charge in [-0.1, -0.05) is 341 Å². The number of esters is 3. The number of aliphatic hydroxyl groups is 2. The highest BCUT2D eigenvalue weighted by Gasteiger charge is 2.29. The first kappa shape index (κ1) is 105. The standard InChI is InChI=1S/C91H160O16P2/c1-4-7-10-13-16-19-22-25-28-30-32-34-36-38-39-40-41-42-43-44-45-47-49-50-52-54-57-59-62-65-68-71-74-77-89(94)101-80-86(92)81-103-108(97,98)104-82-87(93)83-105-109(99,100)106-85-88(107-91(96)79-76-73-70-67-64-61-56-27-24-21-18-15-12-9-6-3)84-102-90(95)78-75-72-69-66-63-60-58-55-53-51-48-46-37-35-33-31-29-26-23-20-17-14-11-8-5-2/h16-21,25-29,32-35,38-39,46,48,56,86-88,92-93H,4-15,22-24,30-31,36-37,40-45,47,49-55,57-85H2,1-3H3,(H,97,98)(H,99,100)/b19-16-,20-17-,21-18-,28-25-,29-26-,34-32-,35-33-,39-38-,48-46-,56-27-. The second-order valence-corrected chi connectivity index (χ2v) is 32.2. The summed E-state index contributed by atoms with van der Waals surface area (Å²) in [6, 6.07) is 0. The summed E-state index contributed by atoms with van der Waals surface area (Å²) < 4.78 is 61.3. The highest BCUT2D eigenvalue weighted by molar-refractivity contribution is 7.47. The summed E-state index contributed by atoms with van der Waals surface area (Å²) in [7, 11) is -9.80. The van der Waals surface area contributed by atoms with Crippen molar-refractivity contribution in [3.63, 3.8) is 0 Å². The van der Waals surface area contributed by atoms with Crippen LogP contribution in [0.15, 0.2) is 122 Å². The summed E-state index contributed by atoms with van der Waals surface area (Å²) in [6.45, 7) is 2.62. The van der Waals surface area contributed by atoms with E-state index in [1.807, 2.05) is 0 Å². The maximum atomic E-state index is 13.0. The number of rotatable bonds is 83. The highest BCUT2D eigenvalue weighted by Crippen LogP contribution is 2.45. The van der Waals surface area contributed by atoms with Crippen molar-refractivity contribution < 1.29 is 75.8 Å². The predicted octanol–water partition coefficient (Wildman–Crippen LogP) is 26.4. The van der Waals surface area contributed by atoms with Gasteiger partial charge in [-0.15, -0.1) is 0 Å². The van der Waals surface area contributed by atoms with Crippen LogP contribution in [0.25, 0.3) is 0 Å². The third kappa shape index (κ3) is 84.7. The molecule has 5 atom stereocenters. The quantitative estimate of drug-likeness (QED) is 0.0146. The molecule has 0 rings (SSSR count). The Morgan fingerprint density at radius 1 is 0.257 bits per heavy atom. The van der Waals surface area contributed by atoms with Gasteiger partial charge in [0.2, 0.25) is 0 Å². The van der Waals surface area contributed by atoms with E-state index in [0.29, 0.717) is 19.3 Å². The topological polar surface area (TPSA) is 231 Å². The van der Waals surface area contributed by atoms with Crippen LogP contribution >= 0.6 is 15.6 Å². The van der Waals surface area contributed by atoms with Crippen molar-refractivity contribution in [2.24, 2.45) is 0 Å². The van der Waals surface area contributed by atoms with Crippen LogP contribution in [-0.2, 0) is 55.8 Å². The maximum Gasteiger partial charge on any atom is 0.472 e. The Morgan fingerprint density at radius 3 is 0.725 bits per heavy atom. The van der Waals surface area contributed by atoms with E-state index >= 15 is 0 Å². The fourth-order valence-corrected chi connectivity index (χ4v) is 13.5. The SMILES string of the molecule is CCCCC/C=C\C/C=C\C/C=C\C/C=C\CCCCCCCCCCCCCCCCCCCC(=O)OCC(O)COP(=O)(O)OCC(O)COP(=O)(O)OCC(COC(=O)CCCCCCCCCCC/C=C\C/C=C\C/C=C\C/C=C\CCCCC)OC(=O)CCCCCCC/C=C\C/C=C\CCCCC. The highest BCUT2D eigenvalue weighted by atomic mass is 31.2. The zero-order valence-corrected chi connectivity index (χ0v) is 71.0. The Bertz CT molecular complexity index is 2460. The molecule has 0 spiro atoms. The fraction of sp³-hybridized carbons (Fsp3) is 0.747. The first-order chi connectivity index (χ1) is 53.2. The van der Waals surface area contributed by atoms with Gasteiger partial charge in [0.25, 0.3) is 0 Å². The van der Waals surface area contributed by atoms with Crippen LogP contribution in [0.5, 0.6) is 0 Å². The number of hydrogen-bond acceptors (Lipinski definition) is 14. The number of phosphoric acid groups is 2. The Hall–Kier alpha value is -4.05. The zero-order chi connectivity index (χ0) is 79.4. The van der Waals surface area contributed by atoms with Gasteiger partial charge in [-0.2, -0.15) is 0 Å². The van der Waals surface area contributed by atoms with Gasteiger partial charge in [0.15, 0.2) is 6.10 Å². The van der Waals surface area contributed by atoms with Crippen molar-refractivity contribution in [1.82, 2.24) is 0 Å². The van der Waals surface area contributed by atoms with E-state index in [9.17, 15) is 43.5 Å². The molecule has 18 heteroatoms. The largest absolute Gasteiger partial charge is 0.472 e. The number of aliphatic hydroxyl groups excluding tert-OH is 2. The van der Waals surface area contributed by atoms with E-state index in [1.165, 1.54) is 186 Å². The van der Waals surface area contributed by atoms with Crippen LogP contribution < -0.4 is 0 Å². The molecule has 0 aromatic carbocycles.